The molecular weight excluding hydrogens is 176 g/mol. The van der Waals surface area contributed by atoms with Gasteiger partial charge in [0.15, 0.2) is 0 Å². The van der Waals surface area contributed by atoms with Gasteiger partial charge in [-0.15, -0.1) is 0 Å². The van der Waals surface area contributed by atoms with Crippen LogP contribution in [0.1, 0.15) is 45.4 Å². The summed E-state index contributed by atoms with van der Waals surface area (Å²) < 4.78 is 0. The van der Waals surface area contributed by atoms with Crippen LogP contribution in [0.4, 0.5) is 0 Å². The summed E-state index contributed by atoms with van der Waals surface area (Å²) in [5.74, 6) is 1.12. The second-order valence-electron chi connectivity index (χ2n) is 4.63. The molecule has 1 unspecified atom stereocenters. The van der Waals surface area contributed by atoms with Crippen molar-refractivity contribution >= 4 is 11.6 Å². The molecule has 0 heterocycles. The predicted octanol–water partition coefficient (Wildman–Crippen LogP) is 2.08. The van der Waals surface area contributed by atoms with Crippen LogP contribution < -0.4 is 5.43 Å². The number of rotatable bonds is 2. The van der Waals surface area contributed by atoms with Gasteiger partial charge in [0.2, 0.25) is 5.91 Å². The Morgan fingerprint density at radius 2 is 2.21 bits per heavy atom. The van der Waals surface area contributed by atoms with Crippen molar-refractivity contribution in [2.45, 2.75) is 45.4 Å². The second kappa shape index (κ2) is 4.11. The van der Waals surface area contributed by atoms with Gasteiger partial charge in [0.1, 0.15) is 0 Å². The highest BCUT2D eigenvalue weighted by atomic mass is 16.2. The Kier molecular flexibility index (Phi) is 2.85. The summed E-state index contributed by atoms with van der Waals surface area (Å²) in [4.78, 5) is 11.3. The first kappa shape index (κ1) is 9.69. The molecule has 1 atom stereocenters. The van der Waals surface area contributed by atoms with Gasteiger partial charge in [-0.3, -0.25) is 4.79 Å². The van der Waals surface area contributed by atoms with Crippen molar-refractivity contribution < 1.29 is 4.79 Å². The van der Waals surface area contributed by atoms with Crippen LogP contribution in [0.3, 0.4) is 0 Å². The minimum Gasteiger partial charge on any atom is -0.273 e. The molecule has 0 aromatic heterocycles. The summed E-state index contributed by atoms with van der Waals surface area (Å²) in [6.45, 7) is 2.25. The fourth-order valence-corrected chi connectivity index (χ4v) is 1.93. The molecule has 2 aliphatic rings. The van der Waals surface area contributed by atoms with Gasteiger partial charge in [-0.05, 0) is 44.4 Å². The lowest BCUT2D eigenvalue weighted by Crippen LogP contribution is -2.23. The molecule has 0 bridgehead atoms. The summed E-state index contributed by atoms with van der Waals surface area (Å²) in [5.41, 5.74) is 3.86. The molecule has 1 amide bonds. The van der Waals surface area contributed by atoms with E-state index in [1.165, 1.54) is 18.6 Å². The summed E-state index contributed by atoms with van der Waals surface area (Å²) in [6, 6.07) is 0. The van der Waals surface area contributed by atoms with E-state index in [2.05, 4.69) is 17.5 Å². The summed E-state index contributed by atoms with van der Waals surface area (Å²) >= 11 is 0. The number of hydrogen-bond donors (Lipinski definition) is 1. The van der Waals surface area contributed by atoms with Gasteiger partial charge in [-0.2, -0.15) is 5.10 Å². The zero-order valence-corrected chi connectivity index (χ0v) is 8.75. The van der Waals surface area contributed by atoms with Gasteiger partial charge >= 0.3 is 0 Å². The Labute approximate surface area is 85.0 Å². The van der Waals surface area contributed by atoms with Crippen molar-refractivity contribution in [2.24, 2.45) is 16.9 Å². The van der Waals surface area contributed by atoms with Gasteiger partial charge in [0.05, 0.1) is 0 Å². The normalized spacial score (nSPS) is 30.4. The molecule has 0 aliphatic heterocycles. The molecule has 78 valence electrons. The summed E-state index contributed by atoms with van der Waals surface area (Å²) in [6.07, 6.45) is 6.75. The standard InChI is InChI=1S/C11H18N2O/c1-8-3-2-4-10(7-8)12-13-11(14)9-5-6-9/h8-9H,2-7H2,1H3,(H,13,14). The molecule has 0 radical (unpaired) electrons. The van der Waals surface area contributed by atoms with Gasteiger partial charge in [0.25, 0.3) is 0 Å². The minimum absolute atomic E-state index is 0.121. The molecule has 0 saturated heterocycles. The van der Waals surface area contributed by atoms with Crippen molar-refractivity contribution in [1.82, 2.24) is 5.43 Å². The van der Waals surface area contributed by atoms with Crippen LogP contribution in [0.5, 0.6) is 0 Å². The Hall–Kier alpha value is -0.860. The number of carbonyl (C=O) groups excluding carboxylic acids is 1. The Balaban J connectivity index is 1.80. The third-order valence-corrected chi connectivity index (χ3v) is 3.02. The molecule has 14 heavy (non-hydrogen) atoms. The monoisotopic (exact) mass is 194 g/mol. The maximum Gasteiger partial charge on any atom is 0.243 e. The van der Waals surface area contributed by atoms with Crippen molar-refractivity contribution in [2.75, 3.05) is 0 Å². The van der Waals surface area contributed by atoms with E-state index < -0.39 is 0 Å². The van der Waals surface area contributed by atoms with E-state index in [1.807, 2.05) is 0 Å². The lowest BCUT2D eigenvalue weighted by molar-refractivity contribution is -0.122. The first-order chi connectivity index (χ1) is 6.75. The number of nitrogens with one attached hydrogen (secondary N) is 1. The van der Waals surface area contributed by atoms with E-state index in [0.29, 0.717) is 0 Å². The van der Waals surface area contributed by atoms with E-state index in [4.69, 9.17) is 0 Å². The second-order valence-corrected chi connectivity index (χ2v) is 4.63. The van der Waals surface area contributed by atoms with Gasteiger partial charge in [0, 0.05) is 11.6 Å². The third-order valence-electron chi connectivity index (χ3n) is 3.02. The fraction of sp³-hybridized carbons (Fsp3) is 0.818. The maximum absolute atomic E-state index is 11.3. The highest BCUT2D eigenvalue weighted by Crippen LogP contribution is 2.28. The van der Waals surface area contributed by atoms with Crippen LogP contribution in [0, 0.1) is 11.8 Å². The minimum atomic E-state index is 0.121. The van der Waals surface area contributed by atoms with E-state index in [1.54, 1.807) is 0 Å². The van der Waals surface area contributed by atoms with Crippen molar-refractivity contribution in [3.63, 3.8) is 0 Å². The van der Waals surface area contributed by atoms with E-state index >= 15 is 0 Å². The van der Waals surface area contributed by atoms with Crippen LogP contribution in [-0.2, 0) is 4.79 Å². The number of carbonyl (C=O) groups is 1. The fourth-order valence-electron chi connectivity index (χ4n) is 1.93. The zero-order chi connectivity index (χ0) is 9.97. The first-order valence-corrected chi connectivity index (χ1v) is 5.61. The van der Waals surface area contributed by atoms with Crippen LogP contribution in [0.2, 0.25) is 0 Å². The van der Waals surface area contributed by atoms with E-state index in [-0.39, 0.29) is 11.8 Å². The SMILES string of the molecule is CC1CCCC(=NNC(=O)C2CC2)C1. The number of nitrogens with zero attached hydrogens (tertiary/aromatic N) is 1. The third kappa shape index (κ3) is 2.56. The van der Waals surface area contributed by atoms with Crippen LogP contribution in [0.25, 0.3) is 0 Å². The molecule has 2 rings (SSSR count). The molecule has 3 nitrogen and oxygen atoms in total. The smallest absolute Gasteiger partial charge is 0.243 e. The molecule has 1 N–H and O–H groups in total. The van der Waals surface area contributed by atoms with Gasteiger partial charge < -0.3 is 0 Å². The number of hydrogen-bond acceptors (Lipinski definition) is 2. The van der Waals surface area contributed by atoms with E-state index in [9.17, 15) is 4.79 Å². The van der Waals surface area contributed by atoms with Crippen LogP contribution >= 0.6 is 0 Å². The molecular formula is C11H18N2O. The van der Waals surface area contributed by atoms with Gasteiger partial charge in [-0.25, -0.2) is 5.43 Å². The average molecular weight is 194 g/mol. The van der Waals surface area contributed by atoms with Crippen molar-refractivity contribution in [3.05, 3.63) is 0 Å². The highest BCUT2D eigenvalue weighted by molar-refractivity contribution is 5.87. The largest absolute Gasteiger partial charge is 0.273 e. The maximum atomic E-state index is 11.3. The quantitative estimate of drug-likeness (QED) is 0.672. The van der Waals surface area contributed by atoms with E-state index in [0.717, 1.165) is 31.6 Å². The van der Waals surface area contributed by atoms with Gasteiger partial charge in [-0.1, -0.05) is 6.92 Å². The molecule has 0 aromatic carbocycles. The molecule has 2 aliphatic carbocycles. The zero-order valence-electron chi connectivity index (χ0n) is 8.75. The number of amides is 1. The van der Waals surface area contributed by atoms with Crippen LogP contribution in [-0.4, -0.2) is 11.6 Å². The lowest BCUT2D eigenvalue weighted by Gasteiger charge is -2.18. The molecule has 3 heteroatoms. The first-order valence-electron chi connectivity index (χ1n) is 5.61. The average Bonchev–Trinajstić information content (AvgIpc) is 2.97. The summed E-state index contributed by atoms with van der Waals surface area (Å²) in [5, 5.41) is 4.21. The molecule has 2 fully saturated rings. The Morgan fingerprint density at radius 3 is 2.86 bits per heavy atom. The van der Waals surface area contributed by atoms with Crippen molar-refractivity contribution in [3.8, 4) is 0 Å². The highest BCUT2D eigenvalue weighted by Gasteiger charge is 2.29. The van der Waals surface area contributed by atoms with Crippen LogP contribution in [0.15, 0.2) is 5.10 Å². The molecule has 0 aromatic rings. The Bertz CT molecular complexity index is 256. The molecule has 2 saturated carbocycles. The summed E-state index contributed by atoms with van der Waals surface area (Å²) in [7, 11) is 0. The Morgan fingerprint density at radius 1 is 1.43 bits per heavy atom. The molecule has 0 spiro atoms. The number of hydrazone groups is 1. The lowest BCUT2D eigenvalue weighted by atomic mass is 9.89. The predicted molar refractivity (Wildman–Crippen MR) is 55.9 cm³/mol. The topological polar surface area (TPSA) is 41.5 Å². The van der Waals surface area contributed by atoms with Crippen molar-refractivity contribution in [1.29, 1.82) is 0 Å².